The fourth-order valence-electron chi connectivity index (χ4n) is 4.82. The Hall–Kier alpha value is -4.10. The number of nitriles is 1. The molecule has 0 spiro atoms. The number of nitrogens with zero attached hydrogens (tertiary/aromatic N) is 3. The SMILES string of the molecule is COc1cc(C(=O)N(C)CCCO)ccc1-c1cc2nccc(-c3ccc(OC4CCOCC4)c(C#N)c3)c2o1.Cl. The Labute approximate surface area is 244 Å². The molecule has 1 fully saturated rings. The van der Waals surface area contributed by atoms with Crippen LogP contribution >= 0.6 is 12.4 Å². The maximum atomic E-state index is 12.8. The number of amides is 1. The van der Waals surface area contributed by atoms with Gasteiger partial charge in [-0.1, -0.05) is 6.07 Å². The fraction of sp³-hybridized carbons (Fsp3) is 0.323. The fourth-order valence-corrected chi connectivity index (χ4v) is 4.82. The van der Waals surface area contributed by atoms with Gasteiger partial charge in [-0.15, -0.1) is 12.4 Å². The smallest absolute Gasteiger partial charge is 0.253 e. The van der Waals surface area contributed by atoms with E-state index in [0.29, 0.717) is 71.2 Å². The number of aromatic nitrogens is 1. The molecule has 4 aromatic rings. The maximum absolute atomic E-state index is 12.8. The molecule has 5 rings (SSSR count). The molecule has 41 heavy (non-hydrogen) atoms. The van der Waals surface area contributed by atoms with E-state index in [0.717, 1.165) is 24.0 Å². The molecule has 1 N–H and O–H groups in total. The molecule has 0 unspecified atom stereocenters. The van der Waals surface area contributed by atoms with Gasteiger partial charge in [-0.25, -0.2) is 0 Å². The van der Waals surface area contributed by atoms with Crippen molar-refractivity contribution >= 4 is 29.4 Å². The van der Waals surface area contributed by atoms with Crippen molar-refractivity contribution in [2.45, 2.75) is 25.4 Å². The van der Waals surface area contributed by atoms with Crippen LogP contribution in [-0.2, 0) is 4.74 Å². The summed E-state index contributed by atoms with van der Waals surface area (Å²) in [5.74, 6) is 1.43. The van der Waals surface area contributed by atoms with Gasteiger partial charge in [0.05, 0.1) is 31.5 Å². The van der Waals surface area contributed by atoms with Crippen LogP contribution in [-0.4, -0.2) is 67.5 Å². The average molecular weight is 578 g/mol. The molecular formula is C31H32ClN3O6. The van der Waals surface area contributed by atoms with Crippen LogP contribution in [0.1, 0.15) is 35.2 Å². The van der Waals surface area contributed by atoms with Gasteiger partial charge in [-0.2, -0.15) is 5.26 Å². The minimum atomic E-state index is -0.163. The number of carbonyl (C=O) groups is 1. The van der Waals surface area contributed by atoms with Gasteiger partial charge in [0.1, 0.15) is 34.9 Å². The first-order valence-electron chi connectivity index (χ1n) is 13.2. The van der Waals surface area contributed by atoms with Crippen LogP contribution in [0, 0.1) is 11.3 Å². The molecule has 0 saturated carbocycles. The third-order valence-corrected chi connectivity index (χ3v) is 7.00. The van der Waals surface area contributed by atoms with Crippen molar-refractivity contribution in [3.8, 4) is 40.0 Å². The Morgan fingerprint density at radius 1 is 1.12 bits per heavy atom. The number of rotatable bonds is 9. The number of aliphatic hydroxyl groups excluding tert-OH is 1. The van der Waals surface area contributed by atoms with Gasteiger partial charge in [0.25, 0.3) is 5.91 Å². The lowest BCUT2D eigenvalue weighted by Gasteiger charge is -2.23. The molecule has 3 heterocycles. The number of ether oxygens (including phenoxy) is 3. The van der Waals surface area contributed by atoms with E-state index in [9.17, 15) is 10.1 Å². The zero-order valence-electron chi connectivity index (χ0n) is 23.0. The lowest BCUT2D eigenvalue weighted by molar-refractivity contribution is 0.0254. The summed E-state index contributed by atoms with van der Waals surface area (Å²) in [6.07, 6.45) is 3.84. The molecule has 1 aliphatic heterocycles. The number of methoxy groups -OCH3 is 1. The minimum absolute atomic E-state index is 0. The summed E-state index contributed by atoms with van der Waals surface area (Å²) >= 11 is 0. The number of fused-ring (bicyclic) bond motifs is 1. The lowest BCUT2D eigenvalue weighted by atomic mass is 10.0. The first-order chi connectivity index (χ1) is 19.5. The molecular weight excluding hydrogens is 546 g/mol. The number of benzene rings is 2. The van der Waals surface area contributed by atoms with Gasteiger partial charge < -0.3 is 28.6 Å². The molecule has 0 bridgehead atoms. The zero-order chi connectivity index (χ0) is 28.1. The molecule has 0 radical (unpaired) electrons. The summed E-state index contributed by atoms with van der Waals surface area (Å²) < 4.78 is 23.5. The molecule has 1 aliphatic rings. The molecule has 2 aromatic heterocycles. The van der Waals surface area contributed by atoms with Crippen LogP contribution in [0.25, 0.3) is 33.6 Å². The summed E-state index contributed by atoms with van der Waals surface area (Å²) in [5, 5.41) is 18.9. The van der Waals surface area contributed by atoms with E-state index in [2.05, 4.69) is 11.1 Å². The van der Waals surface area contributed by atoms with Crippen molar-refractivity contribution in [2.75, 3.05) is 40.5 Å². The van der Waals surface area contributed by atoms with E-state index < -0.39 is 0 Å². The van der Waals surface area contributed by atoms with E-state index in [-0.39, 0.29) is 31.0 Å². The predicted octanol–water partition coefficient (Wildman–Crippen LogP) is 5.48. The van der Waals surface area contributed by atoms with E-state index >= 15 is 0 Å². The highest BCUT2D eigenvalue weighted by molar-refractivity contribution is 5.96. The summed E-state index contributed by atoms with van der Waals surface area (Å²) in [6, 6.07) is 16.7. The predicted molar refractivity (Wildman–Crippen MR) is 157 cm³/mol. The normalized spacial score (nSPS) is 13.3. The van der Waals surface area contributed by atoms with Gasteiger partial charge in [0.2, 0.25) is 0 Å². The summed E-state index contributed by atoms with van der Waals surface area (Å²) in [4.78, 5) is 18.9. The highest BCUT2D eigenvalue weighted by atomic mass is 35.5. The van der Waals surface area contributed by atoms with Crippen LogP contribution < -0.4 is 9.47 Å². The largest absolute Gasteiger partial charge is 0.496 e. The molecule has 0 atom stereocenters. The Bertz CT molecular complexity index is 1560. The van der Waals surface area contributed by atoms with Crippen molar-refractivity contribution in [3.63, 3.8) is 0 Å². The highest BCUT2D eigenvalue weighted by Crippen LogP contribution is 2.38. The Balaban J connectivity index is 0.00000387. The second kappa shape index (κ2) is 13.5. The third kappa shape index (κ3) is 6.46. The lowest BCUT2D eigenvalue weighted by Crippen LogP contribution is -2.28. The highest BCUT2D eigenvalue weighted by Gasteiger charge is 2.20. The Kier molecular flexibility index (Phi) is 9.84. The van der Waals surface area contributed by atoms with Crippen molar-refractivity contribution < 1.29 is 28.5 Å². The summed E-state index contributed by atoms with van der Waals surface area (Å²) in [6.45, 7) is 1.79. The zero-order valence-corrected chi connectivity index (χ0v) is 23.8. The molecule has 9 nitrogen and oxygen atoms in total. The Morgan fingerprint density at radius 3 is 2.66 bits per heavy atom. The van der Waals surface area contributed by atoms with Crippen molar-refractivity contribution in [1.82, 2.24) is 9.88 Å². The number of pyridine rings is 1. The maximum Gasteiger partial charge on any atom is 0.253 e. The minimum Gasteiger partial charge on any atom is -0.496 e. The number of aliphatic hydroxyl groups is 1. The van der Waals surface area contributed by atoms with Gasteiger partial charge in [0, 0.05) is 56.4 Å². The quantitative estimate of drug-likeness (QED) is 0.278. The van der Waals surface area contributed by atoms with Gasteiger partial charge in [0.15, 0.2) is 5.58 Å². The number of hydrogen-bond donors (Lipinski definition) is 1. The average Bonchev–Trinajstić information content (AvgIpc) is 3.44. The van der Waals surface area contributed by atoms with Crippen LogP contribution in [0.5, 0.6) is 11.5 Å². The van der Waals surface area contributed by atoms with Crippen molar-refractivity contribution in [3.05, 3.63) is 65.9 Å². The van der Waals surface area contributed by atoms with Gasteiger partial charge >= 0.3 is 0 Å². The topological polar surface area (TPSA) is 118 Å². The number of halogens is 1. The van der Waals surface area contributed by atoms with Crippen LogP contribution in [0.2, 0.25) is 0 Å². The second-order valence-electron chi connectivity index (χ2n) is 9.65. The monoisotopic (exact) mass is 577 g/mol. The third-order valence-electron chi connectivity index (χ3n) is 7.00. The van der Waals surface area contributed by atoms with Gasteiger partial charge in [-0.05, 0) is 48.4 Å². The van der Waals surface area contributed by atoms with Crippen molar-refractivity contribution in [1.29, 1.82) is 5.26 Å². The number of carbonyl (C=O) groups excluding carboxylic acids is 1. The number of hydrogen-bond acceptors (Lipinski definition) is 8. The van der Waals surface area contributed by atoms with E-state index in [1.54, 1.807) is 49.5 Å². The van der Waals surface area contributed by atoms with E-state index in [4.69, 9.17) is 23.7 Å². The van der Waals surface area contributed by atoms with E-state index in [1.807, 2.05) is 24.3 Å². The summed E-state index contributed by atoms with van der Waals surface area (Å²) in [7, 11) is 3.24. The van der Waals surface area contributed by atoms with Crippen LogP contribution in [0.15, 0.2) is 59.1 Å². The Morgan fingerprint density at radius 2 is 1.93 bits per heavy atom. The molecule has 0 aliphatic carbocycles. The van der Waals surface area contributed by atoms with Crippen LogP contribution in [0.4, 0.5) is 0 Å². The second-order valence-corrected chi connectivity index (χ2v) is 9.65. The molecule has 1 saturated heterocycles. The molecule has 2 aromatic carbocycles. The molecule has 10 heteroatoms. The van der Waals surface area contributed by atoms with Gasteiger partial charge in [-0.3, -0.25) is 9.78 Å². The summed E-state index contributed by atoms with van der Waals surface area (Å²) in [5.41, 5.74) is 4.43. The number of furan rings is 1. The van der Waals surface area contributed by atoms with Crippen LogP contribution in [0.3, 0.4) is 0 Å². The molecule has 1 amide bonds. The van der Waals surface area contributed by atoms with Crippen molar-refractivity contribution in [2.24, 2.45) is 0 Å². The molecule has 214 valence electrons. The van der Waals surface area contributed by atoms with E-state index in [1.165, 1.54) is 0 Å². The first kappa shape index (κ1) is 29.9. The first-order valence-corrected chi connectivity index (χ1v) is 13.2. The standard InChI is InChI=1S/C31H31N3O6.ClH/c1-34(12-3-13-35)31(36)21-4-6-25(28(17-21)37-2)29-18-26-30(40-29)24(8-11-33-26)20-5-7-27(22(16-20)19-32)39-23-9-14-38-15-10-23;/h4-8,11,16-18,23,35H,3,9-10,12-15H2,1-2H3;1H.